The Morgan fingerprint density at radius 3 is 2.46 bits per heavy atom. The van der Waals surface area contributed by atoms with Crippen LogP contribution in [0, 0.1) is 11.3 Å². The smallest absolute Gasteiger partial charge is 0.337 e. The molecule has 0 saturated carbocycles. The number of carbonyl (C=O) groups is 1. The normalized spacial score (nSPS) is 9.68. The van der Waals surface area contributed by atoms with Gasteiger partial charge in [0.25, 0.3) is 0 Å². The van der Waals surface area contributed by atoms with Gasteiger partial charge in [0.2, 0.25) is 0 Å². The summed E-state index contributed by atoms with van der Waals surface area (Å²) < 4.78 is 10.0. The molecular weight excluding hydrogens is 354 g/mol. The average Bonchev–Trinajstić information content (AvgIpc) is 2.77. The van der Waals surface area contributed by atoms with Crippen LogP contribution in [0.4, 0.5) is 5.69 Å². The van der Waals surface area contributed by atoms with Crippen molar-refractivity contribution in [3.8, 4) is 11.8 Å². The van der Waals surface area contributed by atoms with Gasteiger partial charge in [-0.15, -0.1) is 0 Å². The molecule has 0 aliphatic rings. The highest BCUT2D eigenvalue weighted by Gasteiger charge is 2.12. The molecule has 1 N–H and O–H groups in total. The number of anilines is 1. The van der Waals surface area contributed by atoms with Gasteiger partial charge in [0.1, 0.15) is 17.3 Å². The van der Waals surface area contributed by atoms with Crippen LogP contribution < -0.4 is 10.1 Å². The second-order valence-corrected chi connectivity index (χ2v) is 5.56. The molecule has 0 saturated heterocycles. The summed E-state index contributed by atoms with van der Waals surface area (Å²) in [5.41, 5.74) is 3.31. The summed E-state index contributed by atoms with van der Waals surface area (Å²) >= 11 is 0. The minimum absolute atomic E-state index is 0.372. The zero-order valence-electron chi connectivity index (χ0n) is 16.4. The number of esters is 1. The van der Waals surface area contributed by atoms with Crippen molar-refractivity contribution in [2.24, 2.45) is 0 Å². The van der Waals surface area contributed by atoms with E-state index in [9.17, 15) is 10.1 Å². The zero-order chi connectivity index (χ0) is 20.5. The van der Waals surface area contributed by atoms with Crippen molar-refractivity contribution in [2.75, 3.05) is 19.5 Å². The molecule has 1 aromatic heterocycles. The lowest BCUT2D eigenvalue weighted by molar-refractivity contribution is 0.0600. The number of hydrogen-bond acceptors (Lipinski definition) is 6. The maximum Gasteiger partial charge on any atom is 0.337 e. The summed E-state index contributed by atoms with van der Waals surface area (Å²) in [7, 11) is 2.94. The Hall–Kier alpha value is -3.59. The number of rotatable bonds is 5. The first-order valence-electron chi connectivity index (χ1n) is 8.95. The Bertz CT molecular complexity index is 992. The van der Waals surface area contributed by atoms with Crippen molar-refractivity contribution in [1.29, 1.82) is 5.26 Å². The molecule has 28 heavy (non-hydrogen) atoms. The van der Waals surface area contributed by atoms with Crippen LogP contribution >= 0.6 is 0 Å². The van der Waals surface area contributed by atoms with E-state index >= 15 is 0 Å². The molecule has 6 nitrogen and oxygen atoms in total. The van der Waals surface area contributed by atoms with Gasteiger partial charge in [-0.1, -0.05) is 38.1 Å². The van der Waals surface area contributed by atoms with E-state index in [0.29, 0.717) is 34.6 Å². The molecule has 1 heterocycles. The van der Waals surface area contributed by atoms with Crippen LogP contribution in [-0.2, 0) is 11.3 Å². The van der Waals surface area contributed by atoms with Crippen molar-refractivity contribution < 1.29 is 14.3 Å². The number of nitrogens with one attached hydrogen (secondary N) is 1. The predicted octanol–water partition coefficient (Wildman–Crippen LogP) is 4.54. The quantitative estimate of drug-likeness (QED) is 0.657. The summed E-state index contributed by atoms with van der Waals surface area (Å²) in [5.74, 6) is 0.279. The summed E-state index contributed by atoms with van der Waals surface area (Å²) in [5, 5.41) is 13.5. The highest BCUT2D eigenvalue weighted by molar-refractivity contribution is 5.97. The van der Waals surface area contributed by atoms with E-state index in [-0.39, 0.29) is 5.97 Å². The van der Waals surface area contributed by atoms with Gasteiger partial charge in [-0.25, -0.2) is 4.79 Å². The minimum atomic E-state index is -0.372. The molecule has 0 atom stereocenters. The molecular formula is C22H23N3O3. The van der Waals surface area contributed by atoms with Crippen LogP contribution in [0.15, 0.2) is 48.7 Å². The zero-order valence-corrected chi connectivity index (χ0v) is 16.4. The number of pyridine rings is 1. The fraction of sp³-hybridized carbons (Fsp3) is 0.227. The van der Waals surface area contributed by atoms with Crippen LogP contribution in [0.1, 0.15) is 35.3 Å². The van der Waals surface area contributed by atoms with E-state index in [1.165, 1.54) is 13.3 Å². The van der Waals surface area contributed by atoms with Gasteiger partial charge in [0, 0.05) is 18.1 Å². The summed E-state index contributed by atoms with van der Waals surface area (Å²) in [6, 6.07) is 14.9. The molecule has 0 spiro atoms. The lowest BCUT2D eigenvalue weighted by atomic mass is 10.1. The SMILES string of the molecule is CC.COC(=O)c1ccc(CNc2c(C#N)cnc3c(OC)cccc23)cc1. The van der Waals surface area contributed by atoms with Crippen LogP contribution in [0.5, 0.6) is 5.75 Å². The number of nitriles is 1. The standard InChI is InChI=1S/C20H17N3O3.C2H6/c1-25-17-5-3-4-16-18(15(10-21)12-23-19(16)17)22-11-13-6-8-14(9-7-13)20(24)26-2;1-2/h3-9,12H,11H2,1-2H3,(H,22,23);1-2H3. The molecule has 2 aromatic carbocycles. The largest absolute Gasteiger partial charge is 0.494 e. The lowest BCUT2D eigenvalue weighted by Crippen LogP contribution is -2.05. The van der Waals surface area contributed by atoms with Crippen LogP contribution in [0.25, 0.3) is 10.9 Å². The number of ether oxygens (including phenoxy) is 2. The highest BCUT2D eigenvalue weighted by atomic mass is 16.5. The molecule has 0 fully saturated rings. The number of fused-ring (bicyclic) bond motifs is 1. The Morgan fingerprint density at radius 1 is 1.14 bits per heavy atom. The van der Waals surface area contributed by atoms with Gasteiger partial charge in [0.15, 0.2) is 0 Å². The molecule has 0 amide bonds. The number of nitrogens with zero attached hydrogens (tertiary/aromatic N) is 2. The van der Waals surface area contributed by atoms with Crippen molar-refractivity contribution in [2.45, 2.75) is 20.4 Å². The Morgan fingerprint density at radius 2 is 1.86 bits per heavy atom. The van der Waals surface area contributed by atoms with E-state index in [2.05, 4.69) is 16.4 Å². The topological polar surface area (TPSA) is 84.2 Å². The first-order valence-corrected chi connectivity index (χ1v) is 8.95. The lowest BCUT2D eigenvalue weighted by Gasteiger charge is -2.13. The van der Waals surface area contributed by atoms with Crippen molar-refractivity contribution in [1.82, 2.24) is 4.98 Å². The van der Waals surface area contributed by atoms with Gasteiger partial charge >= 0.3 is 5.97 Å². The van der Waals surface area contributed by atoms with Crippen LogP contribution in [0.3, 0.4) is 0 Å². The van der Waals surface area contributed by atoms with Gasteiger partial charge in [-0.05, 0) is 23.8 Å². The molecule has 0 bridgehead atoms. The summed E-state index contributed by atoms with van der Waals surface area (Å²) in [6.45, 7) is 4.49. The third-order valence-electron chi connectivity index (χ3n) is 4.05. The molecule has 0 aliphatic heterocycles. The highest BCUT2D eigenvalue weighted by Crippen LogP contribution is 2.31. The maximum absolute atomic E-state index is 11.5. The van der Waals surface area contributed by atoms with Crippen LogP contribution in [0.2, 0.25) is 0 Å². The van der Waals surface area contributed by atoms with Gasteiger partial charge in [-0.3, -0.25) is 4.98 Å². The fourth-order valence-corrected chi connectivity index (χ4v) is 2.70. The van der Waals surface area contributed by atoms with Crippen molar-refractivity contribution in [3.05, 3.63) is 65.4 Å². The first-order chi connectivity index (χ1) is 13.7. The molecule has 3 rings (SSSR count). The third-order valence-corrected chi connectivity index (χ3v) is 4.05. The number of aromatic nitrogens is 1. The van der Waals surface area contributed by atoms with Gasteiger partial charge in [0.05, 0.1) is 31.0 Å². The second-order valence-electron chi connectivity index (χ2n) is 5.56. The maximum atomic E-state index is 11.5. The Labute approximate surface area is 164 Å². The Balaban J connectivity index is 0.00000136. The van der Waals surface area contributed by atoms with E-state index in [0.717, 1.165) is 10.9 Å². The average molecular weight is 377 g/mol. The molecule has 6 heteroatoms. The predicted molar refractivity (Wildman–Crippen MR) is 109 cm³/mol. The van der Waals surface area contributed by atoms with Gasteiger partial charge in [-0.2, -0.15) is 5.26 Å². The second kappa shape index (κ2) is 9.93. The third kappa shape index (κ3) is 4.38. The monoisotopic (exact) mass is 377 g/mol. The minimum Gasteiger partial charge on any atom is -0.494 e. The summed E-state index contributed by atoms with van der Waals surface area (Å²) in [6.07, 6.45) is 1.54. The molecule has 3 aromatic rings. The number of benzene rings is 2. The first kappa shape index (κ1) is 20.7. The van der Waals surface area contributed by atoms with Crippen LogP contribution in [-0.4, -0.2) is 25.2 Å². The van der Waals surface area contributed by atoms with E-state index in [4.69, 9.17) is 9.47 Å². The fourth-order valence-electron chi connectivity index (χ4n) is 2.70. The van der Waals surface area contributed by atoms with Gasteiger partial charge < -0.3 is 14.8 Å². The molecule has 0 radical (unpaired) electrons. The molecule has 0 unspecified atom stereocenters. The van der Waals surface area contributed by atoms with Crippen molar-refractivity contribution in [3.63, 3.8) is 0 Å². The number of para-hydroxylation sites is 1. The van der Waals surface area contributed by atoms with E-state index in [1.807, 2.05) is 44.2 Å². The number of carbonyl (C=O) groups excluding carboxylic acids is 1. The van der Waals surface area contributed by atoms with Crippen molar-refractivity contribution >= 4 is 22.6 Å². The van der Waals surface area contributed by atoms with E-state index in [1.54, 1.807) is 19.2 Å². The summed E-state index contributed by atoms with van der Waals surface area (Å²) in [4.78, 5) is 15.8. The van der Waals surface area contributed by atoms with E-state index < -0.39 is 0 Å². The molecule has 144 valence electrons. The number of hydrogen-bond donors (Lipinski definition) is 1. The molecule has 0 aliphatic carbocycles. The Kier molecular flexibility index (Phi) is 7.35. The number of methoxy groups -OCH3 is 2.